The van der Waals surface area contributed by atoms with Crippen molar-refractivity contribution >= 4 is 42.7 Å². The van der Waals surface area contributed by atoms with Crippen LogP contribution in [0.2, 0.25) is 0 Å². The van der Waals surface area contributed by atoms with Crippen LogP contribution in [-0.2, 0) is 4.79 Å². The molecular weight excluding hydrogens is 419 g/mol. The first kappa shape index (κ1) is 19.8. The van der Waals surface area contributed by atoms with Crippen molar-refractivity contribution in [1.29, 1.82) is 0 Å². The molecule has 0 aliphatic carbocycles. The zero-order chi connectivity index (χ0) is 19.4. The van der Waals surface area contributed by atoms with E-state index in [9.17, 15) is 9.90 Å². The van der Waals surface area contributed by atoms with Crippen LogP contribution in [0.25, 0.3) is 0 Å². The summed E-state index contributed by atoms with van der Waals surface area (Å²) in [6, 6.07) is 31.4. The molecule has 0 heterocycles. The zero-order valence-electron chi connectivity index (χ0n) is 15.3. The average molecular weight is 443 g/mol. The predicted octanol–water partition coefficient (Wildman–Crippen LogP) is 4.94. The fraction of sp³-hybridized carbons (Fsp3) is 0.174. The summed E-state index contributed by atoms with van der Waals surface area (Å²) in [6.45, 7) is 1.79. The molecule has 3 aromatic rings. The molecule has 140 valence electrons. The van der Waals surface area contributed by atoms with Crippen molar-refractivity contribution in [3.05, 3.63) is 91.0 Å². The predicted molar refractivity (Wildman–Crippen MR) is 120 cm³/mol. The number of hydrogen-bond donors (Lipinski definition) is 1. The van der Waals surface area contributed by atoms with Crippen molar-refractivity contribution in [3.8, 4) is 0 Å². The van der Waals surface area contributed by atoms with Crippen LogP contribution >= 0.6 is 20.8 Å². The van der Waals surface area contributed by atoms with Crippen molar-refractivity contribution in [2.45, 2.75) is 13.3 Å². The summed E-state index contributed by atoms with van der Waals surface area (Å²) < 4.78 is 0. The van der Waals surface area contributed by atoms with Gasteiger partial charge in [-0.05, 0) is 0 Å². The maximum absolute atomic E-state index is 11.5. The average Bonchev–Trinajstić information content (AvgIpc) is 2.74. The molecule has 27 heavy (non-hydrogen) atoms. The summed E-state index contributed by atoms with van der Waals surface area (Å²) in [4.78, 5) is 11.5. The van der Waals surface area contributed by atoms with Gasteiger partial charge in [-0.25, -0.2) is 0 Å². The molecule has 1 atom stereocenters. The monoisotopic (exact) mass is 442 g/mol. The van der Waals surface area contributed by atoms with E-state index < -0.39 is 17.2 Å². The van der Waals surface area contributed by atoms with Gasteiger partial charge in [0.15, 0.2) is 0 Å². The number of carboxylic acid groups (broad SMARTS) is 1. The Morgan fingerprint density at radius 2 is 1.15 bits per heavy atom. The van der Waals surface area contributed by atoms with Crippen LogP contribution in [0.15, 0.2) is 91.0 Å². The molecule has 0 aliphatic rings. The van der Waals surface area contributed by atoms with E-state index in [2.05, 4.69) is 88.3 Å². The van der Waals surface area contributed by atoms with Crippen molar-refractivity contribution in [1.82, 2.24) is 0 Å². The summed E-state index contributed by atoms with van der Waals surface area (Å²) in [5.41, 5.74) is 0. The Bertz CT molecular complexity index is 798. The summed E-state index contributed by atoms with van der Waals surface area (Å²) in [5, 5.41) is 10.1. The Hall–Kier alpha value is -1.96. The quantitative estimate of drug-likeness (QED) is 0.526. The van der Waals surface area contributed by atoms with Crippen LogP contribution in [0.1, 0.15) is 13.3 Å². The number of hydrogen-bond acceptors (Lipinski definition) is 1. The third-order valence-corrected chi connectivity index (χ3v) is 15.3. The number of carboxylic acids is 1. The Kier molecular flexibility index (Phi) is 5.83. The maximum atomic E-state index is 11.5. The zero-order valence-corrected chi connectivity index (χ0v) is 17.8. The van der Waals surface area contributed by atoms with E-state index in [1.54, 1.807) is 6.92 Å². The van der Waals surface area contributed by atoms with E-state index in [0.717, 1.165) is 6.16 Å². The molecule has 0 saturated heterocycles. The third-order valence-electron chi connectivity index (χ3n) is 5.29. The molecule has 0 radical (unpaired) electrons. The van der Waals surface area contributed by atoms with Gasteiger partial charge in [-0.15, -0.1) is 0 Å². The molecule has 0 saturated carbocycles. The number of halogens is 1. The van der Waals surface area contributed by atoms with E-state index in [0.29, 0.717) is 6.42 Å². The Labute approximate surface area is 168 Å². The summed E-state index contributed by atoms with van der Waals surface area (Å²) in [6.07, 6.45) is 1.34. The molecule has 0 amide bonds. The minimum atomic E-state index is -3.00. The second kappa shape index (κ2) is 7.96. The van der Waals surface area contributed by atoms with E-state index in [-0.39, 0.29) is 0 Å². The summed E-state index contributed by atoms with van der Waals surface area (Å²) >= 11 is 4.33. The second-order valence-electron chi connectivity index (χ2n) is 6.94. The fourth-order valence-electron chi connectivity index (χ4n) is 3.61. The van der Waals surface area contributed by atoms with Gasteiger partial charge in [-0.2, -0.15) is 0 Å². The first-order chi connectivity index (χ1) is 13.0. The normalized spacial score (nSPS) is 14.1. The van der Waals surface area contributed by atoms with E-state index in [1.807, 2.05) is 18.2 Å². The van der Waals surface area contributed by atoms with E-state index in [4.69, 9.17) is 0 Å². The van der Waals surface area contributed by atoms with Crippen molar-refractivity contribution < 1.29 is 9.90 Å². The van der Waals surface area contributed by atoms with Gasteiger partial charge in [0, 0.05) is 0 Å². The van der Waals surface area contributed by atoms with Crippen LogP contribution < -0.4 is 15.9 Å². The van der Waals surface area contributed by atoms with Crippen LogP contribution in [0.4, 0.5) is 0 Å². The Balaban J connectivity index is 2.30. The molecule has 4 heteroatoms. The molecule has 1 unspecified atom stereocenters. The van der Waals surface area contributed by atoms with Gasteiger partial charge in [-0.3, -0.25) is 0 Å². The van der Waals surface area contributed by atoms with Crippen LogP contribution in [0, 0.1) is 5.92 Å². The molecule has 0 spiro atoms. The number of benzene rings is 3. The SMILES string of the molecule is CC(CCP(Br)(c1ccccc1)(c1ccccc1)c1ccccc1)C(=O)O. The first-order valence-corrected chi connectivity index (χ1v) is 13.5. The number of aliphatic carboxylic acids is 1. The summed E-state index contributed by atoms with van der Waals surface area (Å²) in [5.74, 6) is -1.15. The van der Waals surface area contributed by atoms with Crippen LogP contribution in [0.5, 0.6) is 0 Å². The molecule has 2 nitrogen and oxygen atoms in total. The number of rotatable bonds is 7. The van der Waals surface area contributed by atoms with Gasteiger partial charge in [0.25, 0.3) is 0 Å². The topological polar surface area (TPSA) is 37.3 Å². The van der Waals surface area contributed by atoms with Crippen molar-refractivity contribution in [2.24, 2.45) is 5.92 Å². The molecule has 1 N–H and O–H groups in total. The molecule has 0 bridgehead atoms. The van der Waals surface area contributed by atoms with E-state index in [1.165, 1.54) is 15.9 Å². The second-order valence-corrected chi connectivity index (χ2v) is 16.0. The summed E-state index contributed by atoms with van der Waals surface area (Å²) in [7, 11) is 0. The molecule has 3 aromatic carbocycles. The van der Waals surface area contributed by atoms with E-state index >= 15 is 0 Å². The van der Waals surface area contributed by atoms with Crippen LogP contribution in [0.3, 0.4) is 0 Å². The molecule has 0 fully saturated rings. The van der Waals surface area contributed by atoms with Gasteiger partial charge in [0.05, 0.1) is 0 Å². The Morgan fingerprint density at radius 1 is 0.815 bits per heavy atom. The standard InChI is InChI=1S/C23H24BrO2P/c1-19(23(25)26)17-18-27(24,20-11-5-2-6-12-20,21-13-7-3-8-14-21)22-15-9-4-10-16-22/h2-16,19H,17-18H2,1H3,(H,25,26). The fourth-order valence-corrected chi connectivity index (χ4v) is 11.3. The molecule has 0 aliphatic heterocycles. The van der Waals surface area contributed by atoms with Gasteiger partial charge < -0.3 is 0 Å². The molecule has 0 aromatic heterocycles. The molecular formula is C23H24BrO2P. The van der Waals surface area contributed by atoms with Gasteiger partial charge in [0.2, 0.25) is 0 Å². The van der Waals surface area contributed by atoms with Gasteiger partial charge in [0.1, 0.15) is 0 Å². The first-order valence-electron chi connectivity index (χ1n) is 9.09. The minimum absolute atomic E-state index is 0.403. The number of carbonyl (C=O) groups is 1. The molecule has 3 rings (SSSR count). The third kappa shape index (κ3) is 3.59. The van der Waals surface area contributed by atoms with Crippen molar-refractivity contribution in [3.63, 3.8) is 0 Å². The Morgan fingerprint density at radius 3 is 1.44 bits per heavy atom. The van der Waals surface area contributed by atoms with Gasteiger partial charge in [-0.1, -0.05) is 0 Å². The van der Waals surface area contributed by atoms with Gasteiger partial charge >= 0.3 is 169 Å². The van der Waals surface area contributed by atoms with Crippen LogP contribution in [-0.4, -0.2) is 17.2 Å². The van der Waals surface area contributed by atoms with Crippen molar-refractivity contribution in [2.75, 3.05) is 6.16 Å².